The van der Waals surface area contributed by atoms with Gasteiger partial charge < -0.3 is 15.8 Å². The Labute approximate surface area is 131 Å². The first-order chi connectivity index (χ1) is 10.7. The average molecular weight is 298 g/mol. The van der Waals surface area contributed by atoms with Crippen molar-refractivity contribution >= 4 is 11.6 Å². The molecule has 0 aliphatic rings. The van der Waals surface area contributed by atoms with Gasteiger partial charge in [0.05, 0.1) is 6.54 Å². The van der Waals surface area contributed by atoms with Crippen LogP contribution in [0.25, 0.3) is 0 Å². The third kappa shape index (κ3) is 4.81. The van der Waals surface area contributed by atoms with Crippen molar-refractivity contribution in [2.75, 3.05) is 18.9 Å². The Kier molecular flexibility index (Phi) is 5.83. The second-order valence-corrected chi connectivity index (χ2v) is 5.16. The lowest BCUT2D eigenvalue weighted by Gasteiger charge is -2.10. The van der Waals surface area contributed by atoms with Gasteiger partial charge in [-0.15, -0.1) is 0 Å². The molecule has 0 radical (unpaired) electrons. The Balaban J connectivity index is 1.66. The quantitative estimate of drug-likeness (QED) is 0.610. The van der Waals surface area contributed by atoms with E-state index in [-0.39, 0.29) is 5.91 Å². The Bertz CT molecular complexity index is 626. The molecule has 0 saturated heterocycles. The van der Waals surface area contributed by atoms with Crippen molar-refractivity contribution in [2.24, 2.45) is 0 Å². The van der Waals surface area contributed by atoms with Crippen LogP contribution in [0.5, 0.6) is 5.75 Å². The van der Waals surface area contributed by atoms with E-state index in [9.17, 15) is 4.79 Å². The molecule has 0 aliphatic carbocycles. The number of carbonyl (C=O) groups excluding carboxylic acids is 1. The predicted octanol–water partition coefficient (Wildman–Crippen LogP) is 2.71. The van der Waals surface area contributed by atoms with Gasteiger partial charge in [-0.05, 0) is 36.6 Å². The van der Waals surface area contributed by atoms with E-state index in [1.54, 1.807) is 0 Å². The molecule has 0 bridgehead atoms. The summed E-state index contributed by atoms with van der Waals surface area (Å²) < 4.78 is 5.63. The highest BCUT2D eigenvalue weighted by Crippen LogP contribution is 2.15. The lowest BCUT2D eigenvalue weighted by Crippen LogP contribution is -2.28. The van der Waals surface area contributed by atoms with Crippen LogP contribution in [-0.4, -0.2) is 19.1 Å². The molecule has 0 aromatic heterocycles. The van der Waals surface area contributed by atoms with Crippen molar-refractivity contribution in [3.05, 3.63) is 59.7 Å². The van der Waals surface area contributed by atoms with Gasteiger partial charge in [0.15, 0.2) is 0 Å². The molecule has 4 nitrogen and oxygen atoms in total. The van der Waals surface area contributed by atoms with E-state index in [0.29, 0.717) is 26.0 Å². The van der Waals surface area contributed by atoms with E-state index in [4.69, 9.17) is 10.5 Å². The number of anilines is 1. The first-order valence-corrected chi connectivity index (χ1v) is 7.45. The van der Waals surface area contributed by atoms with Crippen molar-refractivity contribution in [2.45, 2.75) is 19.8 Å². The largest absolute Gasteiger partial charge is 0.491 e. The summed E-state index contributed by atoms with van der Waals surface area (Å²) in [6.07, 6.45) is 1.08. The fourth-order valence-electron chi connectivity index (χ4n) is 2.17. The molecule has 2 aromatic carbocycles. The maximum absolute atomic E-state index is 11.8. The Hall–Kier alpha value is -2.49. The normalized spacial score (nSPS) is 10.2. The highest BCUT2D eigenvalue weighted by atomic mass is 16.5. The molecule has 22 heavy (non-hydrogen) atoms. The number of hydrogen-bond acceptors (Lipinski definition) is 3. The summed E-state index contributed by atoms with van der Waals surface area (Å²) in [5, 5.41) is 2.86. The zero-order chi connectivity index (χ0) is 15.8. The van der Waals surface area contributed by atoms with Crippen molar-refractivity contribution in [3.8, 4) is 5.75 Å². The number of carbonyl (C=O) groups is 1. The highest BCUT2D eigenvalue weighted by Gasteiger charge is 2.04. The fraction of sp³-hybridized carbons (Fsp3) is 0.278. The molecule has 3 N–H and O–H groups in total. The number of ether oxygens (including phenoxy) is 1. The molecule has 0 saturated carbocycles. The van der Waals surface area contributed by atoms with Crippen LogP contribution in [0.15, 0.2) is 48.5 Å². The molecule has 2 rings (SSSR count). The maximum atomic E-state index is 11.8. The number of aryl methyl sites for hydroxylation is 2. The molecular formula is C18H22N2O2. The molecule has 4 heteroatoms. The van der Waals surface area contributed by atoms with E-state index in [2.05, 4.69) is 5.32 Å². The smallest absolute Gasteiger partial charge is 0.220 e. The number of nitrogens with one attached hydrogen (secondary N) is 1. The summed E-state index contributed by atoms with van der Waals surface area (Å²) in [6.45, 7) is 2.96. The summed E-state index contributed by atoms with van der Waals surface area (Å²) in [4.78, 5) is 11.8. The second kappa shape index (κ2) is 8.08. The molecular weight excluding hydrogens is 276 g/mol. The summed E-state index contributed by atoms with van der Waals surface area (Å²) >= 11 is 0. The third-order valence-corrected chi connectivity index (χ3v) is 3.45. The Morgan fingerprint density at radius 2 is 1.86 bits per heavy atom. The van der Waals surface area contributed by atoms with Gasteiger partial charge in [-0.2, -0.15) is 0 Å². The summed E-state index contributed by atoms with van der Waals surface area (Å²) in [5.41, 5.74) is 8.69. The van der Waals surface area contributed by atoms with E-state index >= 15 is 0 Å². The maximum Gasteiger partial charge on any atom is 0.220 e. The molecule has 0 atom stereocenters. The fourth-order valence-corrected chi connectivity index (χ4v) is 2.17. The van der Waals surface area contributed by atoms with Crippen LogP contribution in [0.3, 0.4) is 0 Å². The number of rotatable bonds is 7. The van der Waals surface area contributed by atoms with Crippen LogP contribution in [-0.2, 0) is 11.2 Å². The van der Waals surface area contributed by atoms with Gasteiger partial charge in [0.25, 0.3) is 0 Å². The van der Waals surface area contributed by atoms with Crippen LogP contribution in [0.4, 0.5) is 5.69 Å². The van der Waals surface area contributed by atoms with Crippen molar-refractivity contribution in [1.82, 2.24) is 5.32 Å². The van der Waals surface area contributed by atoms with E-state index in [1.807, 2.05) is 55.5 Å². The zero-order valence-corrected chi connectivity index (χ0v) is 12.8. The molecule has 116 valence electrons. The van der Waals surface area contributed by atoms with Gasteiger partial charge in [-0.1, -0.05) is 36.4 Å². The van der Waals surface area contributed by atoms with Crippen molar-refractivity contribution < 1.29 is 9.53 Å². The van der Waals surface area contributed by atoms with E-state index in [0.717, 1.165) is 22.6 Å². The minimum atomic E-state index is 0.0108. The number of para-hydroxylation sites is 2. The summed E-state index contributed by atoms with van der Waals surface area (Å²) in [5.74, 6) is 0.866. The summed E-state index contributed by atoms with van der Waals surface area (Å²) in [6, 6.07) is 15.5. The van der Waals surface area contributed by atoms with Crippen molar-refractivity contribution in [3.63, 3.8) is 0 Å². The SMILES string of the molecule is Cc1ccccc1OCCNC(=O)CCc1ccccc1N. The van der Waals surface area contributed by atoms with E-state index < -0.39 is 0 Å². The first kappa shape index (κ1) is 15.9. The molecule has 0 spiro atoms. The van der Waals surface area contributed by atoms with Crippen LogP contribution >= 0.6 is 0 Å². The highest BCUT2D eigenvalue weighted by molar-refractivity contribution is 5.76. The first-order valence-electron chi connectivity index (χ1n) is 7.45. The van der Waals surface area contributed by atoms with Crippen molar-refractivity contribution in [1.29, 1.82) is 0 Å². The van der Waals surface area contributed by atoms with Gasteiger partial charge in [-0.3, -0.25) is 4.79 Å². The molecule has 2 aromatic rings. The van der Waals surface area contributed by atoms with Gasteiger partial charge in [0.2, 0.25) is 5.91 Å². The number of nitrogen functional groups attached to an aromatic ring is 1. The minimum absolute atomic E-state index is 0.0108. The summed E-state index contributed by atoms with van der Waals surface area (Å²) in [7, 11) is 0. The van der Waals surface area contributed by atoms with Gasteiger partial charge in [-0.25, -0.2) is 0 Å². The minimum Gasteiger partial charge on any atom is -0.491 e. The molecule has 0 aliphatic heterocycles. The lowest BCUT2D eigenvalue weighted by atomic mass is 10.1. The van der Waals surface area contributed by atoms with Gasteiger partial charge in [0.1, 0.15) is 12.4 Å². The zero-order valence-electron chi connectivity index (χ0n) is 12.8. The van der Waals surface area contributed by atoms with E-state index in [1.165, 1.54) is 0 Å². The van der Waals surface area contributed by atoms with Gasteiger partial charge >= 0.3 is 0 Å². The number of hydrogen-bond donors (Lipinski definition) is 2. The Morgan fingerprint density at radius 3 is 2.64 bits per heavy atom. The predicted molar refractivity (Wildman–Crippen MR) is 88.9 cm³/mol. The van der Waals surface area contributed by atoms with Gasteiger partial charge in [0, 0.05) is 12.1 Å². The van der Waals surface area contributed by atoms with Crippen LogP contribution in [0, 0.1) is 6.92 Å². The standard InChI is InChI=1S/C18H22N2O2/c1-14-6-2-5-9-17(14)22-13-12-20-18(21)11-10-15-7-3-4-8-16(15)19/h2-9H,10-13,19H2,1H3,(H,20,21). The lowest BCUT2D eigenvalue weighted by molar-refractivity contribution is -0.121. The van der Waals surface area contributed by atoms with Crippen LogP contribution in [0.2, 0.25) is 0 Å². The van der Waals surface area contributed by atoms with Crippen LogP contribution in [0.1, 0.15) is 17.5 Å². The monoisotopic (exact) mass is 298 g/mol. The van der Waals surface area contributed by atoms with Crippen LogP contribution < -0.4 is 15.8 Å². The molecule has 0 unspecified atom stereocenters. The third-order valence-electron chi connectivity index (χ3n) is 3.45. The average Bonchev–Trinajstić information content (AvgIpc) is 2.52. The topological polar surface area (TPSA) is 64.3 Å². The molecule has 0 heterocycles. The number of amides is 1. The number of benzene rings is 2. The molecule has 0 fully saturated rings. The number of nitrogens with two attached hydrogens (primary N) is 1. The second-order valence-electron chi connectivity index (χ2n) is 5.16. The Morgan fingerprint density at radius 1 is 1.14 bits per heavy atom. The molecule has 1 amide bonds.